The van der Waals surface area contributed by atoms with Crippen LogP contribution in [-0.4, -0.2) is 47.4 Å². The first-order chi connectivity index (χ1) is 32.0. The molecule has 65 heavy (non-hydrogen) atoms. The Hall–Kier alpha value is -2.18. The highest BCUT2D eigenvalue weighted by Crippen LogP contribution is 2.16. The molecule has 0 aliphatic heterocycles. The number of hydrogen-bond acceptors (Lipinski definition) is 5. The third kappa shape index (κ3) is 51.1. The molecule has 1 amide bonds. The highest BCUT2D eigenvalue weighted by molar-refractivity contribution is 5.76. The van der Waals surface area contributed by atoms with E-state index in [1.807, 2.05) is 0 Å². The van der Waals surface area contributed by atoms with Crippen LogP contribution in [0.2, 0.25) is 0 Å². The molecule has 3 N–H and O–H groups in total. The van der Waals surface area contributed by atoms with Gasteiger partial charge in [-0.3, -0.25) is 9.59 Å². The maximum Gasteiger partial charge on any atom is 0.305 e. The fourth-order valence-electron chi connectivity index (χ4n) is 8.48. The van der Waals surface area contributed by atoms with Gasteiger partial charge in [0.15, 0.2) is 0 Å². The summed E-state index contributed by atoms with van der Waals surface area (Å²) in [4.78, 5) is 24.5. The first-order valence-corrected chi connectivity index (χ1v) is 28.4. The van der Waals surface area contributed by atoms with Gasteiger partial charge in [-0.2, -0.15) is 0 Å². The summed E-state index contributed by atoms with van der Waals surface area (Å²) in [6, 6.07) is -0.549. The Morgan fingerprint density at radius 3 is 1.29 bits per heavy atom. The van der Waals surface area contributed by atoms with Crippen molar-refractivity contribution in [2.45, 2.75) is 302 Å². The zero-order chi connectivity index (χ0) is 47.2. The van der Waals surface area contributed by atoms with Crippen LogP contribution in [0.25, 0.3) is 0 Å². The molecule has 380 valence electrons. The van der Waals surface area contributed by atoms with E-state index in [1.54, 1.807) is 0 Å². The van der Waals surface area contributed by atoms with E-state index in [0.717, 1.165) is 77.0 Å². The summed E-state index contributed by atoms with van der Waals surface area (Å²) in [7, 11) is 0. The number of ether oxygens (including phenoxy) is 1. The Balaban J connectivity index is 3.48. The zero-order valence-corrected chi connectivity index (χ0v) is 43.2. The van der Waals surface area contributed by atoms with Crippen LogP contribution < -0.4 is 5.32 Å². The largest absolute Gasteiger partial charge is 0.466 e. The molecule has 0 spiro atoms. The van der Waals surface area contributed by atoms with Gasteiger partial charge in [-0.25, -0.2) is 0 Å². The van der Waals surface area contributed by atoms with E-state index in [9.17, 15) is 19.8 Å². The predicted octanol–water partition coefficient (Wildman–Crippen LogP) is 17.4. The standard InChI is InChI=1S/C59H109NO5/c1-3-5-7-9-11-13-15-17-18-22-26-29-33-37-41-45-49-53-59(64)65-54-50-46-42-38-34-30-27-24-21-19-20-23-25-28-32-36-40-44-48-52-58(63)60-56(55-61)57(62)51-47-43-39-35-31-16-14-12-10-8-6-4-2/h11,13,17-18,24,27,30,34,56-57,61-62H,3-10,12,14-16,19-23,25-26,28-29,31-33,35-55H2,1-2H3,(H,60,63)/b13-11-,18-17-,27-24-,34-30-. The molecule has 0 aliphatic rings. The first-order valence-electron chi connectivity index (χ1n) is 28.4. The second-order valence-electron chi connectivity index (χ2n) is 19.3. The molecule has 0 aromatic rings. The summed E-state index contributed by atoms with van der Waals surface area (Å²) in [5, 5.41) is 23.2. The maximum absolute atomic E-state index is 12.4. The van der Waals surface area contributed by atoms with Gasteiger partial charge >= 0.3 is 5.97 Å². The molecule has 0 rings (SSSR count). The number of esters is 1. The monoisotopic (exact) mass is 912 g/mol. The van der Waals surface area contributed by atoms with Gasteiger partial charge in [0.25, 0.3) is 0 Å². The molecule has 0 bridgehead atoms. The van der Waals surface area contributed by atoms with E-state index in [1.165, 1.54) is 180 Å². The lowest BCUT2D eigenvalue weighted by molar-refractivity contribution is -0.143. The number of carbonyl (C=O) groups excluding carboxylic acids is 2. The van der Waals surface area contributed by atoms with Gasteiger partial charge in [0.05, 0.1) is 25.4 Å². The van der Waals surface area contributed by atoms with E-state index >= 15 is 0 Å². The lowest BCUT2D eigenvalue weighted by atomic mass is 10.0. The minimum Gasteiger partial charge on any atom is -0.466 e. The smallest absolute Gasteiger partial charge is 0.305 e. The molecule has 0 radical (unpaired) electrons. The van der Waals surface area contributed by atoms with Crippen molar-refractivity contribution in [2.24, 2.45) is 0 Å². The molecule has 6 nitrogen and oxygen atoms in total. The highest BCUT2D eigenvalue weighted by atomic mass is 16.5. The van der Waals surface area contributed by atoms with Crippen LogP contribution in [0.15, 0.2) is 48.6 Å². The van der Waals surface area contributed by atoms with Crippen LogP contribution in [0.3, 0.4) is 0 Å². The van der Waals surface area contributed by atoms with Crippen molar-refractivity contribution >= 4 is 11.9 Å². The Morgan fingerprint density at radius 1 is 0.446 bits per heavy atom. The van der Waals surface area contributed by atoms with Crippen LogP contribution in [0.4, 0.5) is 0 Å². The summed E-state index contributed by atoms with van der Waals surface area (Å²) in [5.41, 5.74) is 0. The Morgan fingerprint density at radius 2 is 0.815 bits per heavy atom. The third-order valence-electron chi connectivity index (χ3n) is 12.9. The average molecular weight is 913 g/mol. The molecule has 0 aromatic carbocycles. The van der Waals surface area contributed by atoms with Crippen LogP contribution in [0.5, 0.6) is 0 Å². The van der Waals surface area contributed by atoms with Gasteiger partial charge in [0, 0.05) is 12.8 Å². The molecule has 0 saturated heterocycles. The number of amides is 1. The van der Waals surface area contributed by atoms with Gasteiger partial charge in [-0.1, -0.05) is 236 Å². The second-order valence-corrected chi connectivity index (χ2v) is 19.3. The molecule has 2 unspecified atom stereocenters. The molecular weight excluding hydrogens is 803 g/mol. The number of carbonyl (C=O) groups is 2. The zero-order valence-electron chi connectivity index (χ0n) is 43.2. The Labute approximate surface area is 404 Å². The molecule has 0 saturated carbocycles. The summed E-state index contributed by atoms with van der Waals surface area (Å²) >= 11 is 0. The van der Waals surface area contributed by atoms with Gasteiger partial charge in [-0.15, -0.1) is 0 Å². The van der Waals surface area contributed by atoms with Gasteiger partial charge in [0.1, 0.15) is 0 Å². The van der Waals surface area contributed by atoms with Crippen molar-refractivity contribution in [2.75, 3.05) is 13.2 Å². The molecule has 2 atom stereocenters. The lowest BCUT2D eigenvalue weighted by Gasteiger charge is -2.22. The van der Waals surface area contributed by atoms with E-state index in [0.29, 0.717) is 25.9 Å². The quantitative estimate of drug-likeness (QED) is 0.0245. The van der Waals surface area contributed by atoms with Crippen molar-refractivity contribution < 1.29 is 24.5 Å². The summed E-state index contributed by atoms with van der Waals surface area (Å²) < 4.78 is 5.45. The minimum atomic E-state index is -0.671. The molecule has 0 fully saturated rings. The van der Waals surface area contributed by atoms with E-state index in [4.69, 9.17) is 4.74 Å². The highest BCUT2D eigenvalue weighted by Gasteiger charge is 2.20. The van der Waals surface area contributed by atoms with Crippen molar-refractivity contribution in [3.05, 3.63) is 48.6 Å². The second kappa shape index (κ2) is 54.4. The van der Waals surface area contributed by atoms with Crippen LogP contribution in [0, 0.1) is 0 Å². The Kier molecular flexibility index (Phi) is 52.6. The molecule has 0 aliphatic carbocycles. The van der Waals surface area contributed by atoms with Crippen molar-refractivity contribution in [3.63, 3.8) is 0 Å². The number of nitrogens with one attached hydrogen (secondary N) is 1. The summed E-state index contributed by atoms with van der Waals surface area (Å²) in [6.45, 7) is 4.87. The van der Waals surface area contributed by atoms with Gasteiger partial charge < -0.3 is 20.3 Å². The fourth-order valence-corrected chi connectivity index (χ4v) is 8.48. The van der Waals surface area contributed by atoms with E-state index in [-0.39, 0.29) is 18.5 Å². The van der Waals surface area contributed by atoms with Crippen LogP contribution >= 0.6 is 0 Å². The van der Waals surface area contributed by atoms with Gasteiger partial charge in [0.2, 0.25) is 5.91 Å². The Bertz CT molecular complexity index is 1100. The first kappa shape index (κ1) is 62.8. The maximum atomic E-state index is 12.4. The molecular formula is C59H109NO5. The number of hydrogen-bond donors (Lipinski definition) is 3. The third-order valence-corrected chi connectivity index (χ3v) is 12.9. The lowest BCUT2D eigenvalue weighted by Crippen LogP contribution is -2.45. The van der Waals surface area contributed by atoms with Crippen LogP contribution in [0.1, 0.15) is 290 Å². The van der Waals surface area contributed by atoms with E-state index in [2.05, 4.69) is 67.8 Å². The van der Waals surface area contributed by atoms with Crippen LogP contribution in [-0.2, 0) is 14.3 Å². The number of allylic oxidation sites excluding steroid dienone is 8. The van der Waals surface area contributed by atoms with Gasteiger partial charge in [-0.05, 0) is 89.9 Å². The number of aliphatic hydroxyl groups is 2. The summed E-state index contributed by atoms with van der Waals surface area (Å²) in [6.07, 6.45) is 68.1. The normalized spacial score (nSPS) is 13.0. The van der Waals surface area contributed by atoms with Crippen molar-refractivity contribution in [1.29, 1.82) is 0 Å². The van der Waals surface area contributed by atoms with Crippen molar-refractivity contribution in [1.82, 2.24) is 5.32 Å². The molecule has 0 aromatic heterocycles. The summed E-state index contributed by atoms with van der Waals surface area (Å²) in [5.74, 6) is -0.0679. The molecule has 6 heteroatoms. The average Bonchev–Trinajstić information content (AvgIpc) is 3.31. The minimum absolute atomic E-state index is 0.0216. The SMILES string of the molecule is CCCCC/C=C\C/C=C\CCCCCCCCCC(=O)OCCCCC/C=C\C=C/CCCCCCCCCCCCC(=O)NC(CO)C(O)CCCCCCCCCCCCCC. The molecule has 0 heterocycles. The number of aliphatic hydroxyl groups excluding tert-OH is 2. The fraction of sp³-hybridized carbons (Fsp3) is 0.831. The number of rotatable bonds is 52. The number of unbranched alkanes of at least 4 members (excludes halogenated alkanes) is 34. The predicted molar refractivity (Wildman–Crippen MR) is 282 cm³/mol. The topological polar surface area (TPSA) is 95.9 Å². The van der Waals surface area contributed by atoms with E-state index < -0.39 is 12.1 Å². The van der Waals surface area contributed by atoms with Crippen molar-refractivity contribution in [3.8, 4) is 0 Å².